The van der Waals surface area contributed by atoms with Gasteiger partial charge in [-0.15, -0.1) is 11.8 Å². The first-order valence-corrected chi connectivity index (χ1v) is 8.21. The number of nitrogens with one attached hydrogen (secondary N) is 1. The van der Waals surface area contributed by atoms with Crippen LogP contribution in [0.15, 0.2) is 47.4 Å². The smallest absolute Gasteiger partial charge is 0.243 e. The number of fused-ring (bicyclic) bond motifs is 1. The molecule has 1 heterocycles. The molecule has 0 radical (unpaired) electrons. The molecule has 2 aromatic carbocycles. The highest BCUT2D eigenvalue weighted by molar-refractivity contribution is 7.99. The summed E-state index contributed by atoms with van der Waals surface area (Å²) < 4.78 is 13.7. The van der Waals surface area contributed by atoms with Crippen LogP contribution in [0.4, 0.5) is 15.8 Å². The fraction of sp³-hybridized carbons (Fsp3) is 0.188. The van der Waals surface area contributed by atoms with Crippen molar-refractivity contribution in [1.29, 1.82) is 0 Å². The lowest BCUT2D eigenvalue weighted by Gasteiger charge is -2.30. The van der Waals surface area contributed by atoms with E-state index in [1.807, 2.05) is 29.2 Å². The summed E-state index contributed by atoms with van der Waals surface area (Å²) in [5.41, 5.74) is 1.19. The largest absolute Gasteiger partial charge is 0.360 e. The second kappa shape index (κ2) is 6.58. The molecule has 3 nitrogen and oxygen atoms in total. The van der Waals surface area contributed by atoms with Crippen LogP contribution in [-0.4, -0.2) is 24.7 Å². The van der Waals surface area contributed by atoms with Crippen LogP contribution < -0.4 is 10.2 Å². The molecule has 0 unspecified atom stereocenters. The van der Waals surface area contributed by atoms with Crippen molar-refractivity contribution in [2.75, 3.05) is 29.1 Å². The summed E-state index contributed by atoms with van der Waals surface area (Å²) in [6.07, 6.45) is 0. The molecular weight excluding hydrogens is 323 g/mol. The van der Waals surface area contributed by atoms with Crippen LogP contribution in [0.5, 0.6) is 0 Å². The third kappa shape index (κ3) is 3.36. The average Bonchev–Trinajstić information content (AvgIpc) is 2.50. The number of amides is 1. The van der Waals surface area contributed by atoms with E-state index in [4.69, 9.17) is 11.6 Å². The highest BCUT2D eigenvalue weighted by atomic mass is 35.5. The van der Waals surface area contributed by atoms with E-state index >= 15 is 0 Å². The van der Waals surface area contributed by atoms with Gasteiger partial charge in [0.25, 0.3) is 0 Å². The minimum Gasteiger partial charge on any atom is -0.360 e. The minimum absolute atomic E-state index is 0.147. The first kappa shape index (κ1) is 15.2. The molecule has 0 spiro atoms. The number of para-hydroxylation sites is 1. The third-order valence-electron chi connectivity index (χ3n) is 3.36. The Balaban J connectivity index is 1.70. The quantitative estimate of drug-likeness (QED) is 0.918. The third-order valence-corrected chi connectivity index (χ3v) is 4.64. The van der Waals surface area contributed by atoms with Gasteiger partial charge in [-0.3, -0.25) is 4.79 Å². The monoisotopic (exact) mass is 336 g/mol. The molecule has 0 aliphatic carbocycles. The molecule has 0 fully saturated rings. The first-order valence-electron chi connectivity index (χ1n) is 6.85. The molecule has 1 aliphatic rings. The van der Waals surface area contributed by atoms with Crippen LogP contribution in [0.25, 0.3) is 0 Å². The van der Waals surface area contributed by atoms with Gasteiger partial charge in [0.1, 0.15) is 5.82 Å². The maximum atomic E-state index is 13.7. The zero-order valence-electron chi connectivity index (χ0n) is 11.7. The van der Waals surface area contributed by atoms with Gasteiger partial charge in [0.05, 0.1) is 17.9 Å². The molecule has 0 bridgehead atoms. The van der Waals surface area contributed by atoms with E-state index in [9.17, 15) is 9.18 Å². The molecule has 0 atom stereocenters. The van der Waals surface area contributed by atoms with E-state index in [2.05, 4.69) is 5.32 Å². The van der Waals surface area contributed by atoms with Crippen molar-refractivity contribution in [3.8, 4) is 0 Å². The fourth-order valence-corrected chi connectivity index (χ4v) is 3.56. The van der Waals surface area contributed by atoms with Gasteiger partial charge in [0.2, 0.25) is 5.91 Å². The van der Waals surface area contributed by atoms with Gasteiger partial charge in [-0.2, -0.15) is 0 Å². The summed E-state index contributed by atoms with van der Waals surface area (Å²) in [5, 5.41) is 2.90. The lowest BCUT2D eigenvalue weighted by atomic mass is 10.2. The number of nitrogens with zero attached hydrogens (tertiary/aromatic N) is 1. The molecule has 6 heteroatoms. The number of carbonyl (C=O) groups is 1. The maximum absolute atomic E-state index is 13.7. The first-order chi connectivity index (χ1) is 10.6. The van der Waals surface area contributed by atoms with Crippen LogP contribution in [0.1, 0.15) is 0 Å². The number of carbonyl (C=O) groups excluding carboxylic acids is 1. The van der Waals surface area contributed by atoms with Crippen molar-refractivity contribution in [1.82, 2.24) is 0 Å². The Kier molecular flexibility index (Phi) is 4.55. The molecule has 114 valence electrons. The van der Waals surface area contributed by atoms with Crippen LogP contribution in [0.2, 0.25) is 5.02 Å². The number of thioether (sulfide) groups is 1. The molecule has 1 amide bonds. The molecule has 22 heavy (non-hydrogen) atoms. The van der Waals surface area contributed by atoms with E-state index in [0.717, 1.165) is 18.0 Å². The van der Waals surface area contributed by atoms with E-state index in [-0.39, 0.29) is 18.1 Å². The molecule has 1 N–H and O–H groups in total. The summed E-state index contributed by atoms with van der Waals surface area (Å²) >= 11 is 7.48. The average molecular weight is 337 g/mol. The lowest BCUT2D eigenvalue weighted by molar-refractivity contribution is -0.115. The highest BCUT2D eigenvalue weighted by Gasteiger charge is 2.19. The van der Waals surface area contributed by atoms with Gasteiger partial charge in [-0.25, -0.2) is 4.39 Å². The fourth-order valence-electron chi connectivity index (χ4n) is 2.34. The van der Waals surface area contributed by atoms with Crippen molar-refractivity contribution in [2.24, 2.45) is 0 Å². The Labute approximate surface area is 137 Å². The minimum atomic E-state index is -0.532. The van der Waals surface area contributed by atoms with Crippen LogP contribution in [-0.2, 0) is 4.79 Å². The van der Waals surface area contributed by atoms with Gasteiger partial charge in [-0.1, -0.05) is 23.7 Å². The molecule has 2 aromatic rings. The second-order valence-corrected chi connectivity index (χ2v) is 6.48. The zero-order chi connectivity index (χ0) is 15.5. The Hall–Kier alpha value is -1.72. The van der Waals surface area contributed by atoms with Crippen LogP contribution >= 0.6 is 23.4 Å². The Morgan fingerprint density at radius 3 is 2.95 bits per heavy atom. The van der Waals surface area contributed by atoms with Gasteiger partial charge >= 0.3 is 0 Å². The number of halogens is 2. The number of hydrogen-bond donors (Lipinski definition) is 1. The van der Waals surface area contributed by atoms with Crippen molar-refractivity contribution < 1.29 is 9.18 Å². The van der Waals surface area contributed by atoms with E-state index in [0.29, 0.717) is 5.02 Å². The van der Waals surface area contributed by atoms with Crippen LogP contribution in [0.3, 0.4) is 0 Å². The predicted octanol–water partition coefficient (Wildman–Crippen LogP) is 4.03. The molecular formula is C16H14ClFN2OS. The van der Waals surface area contributed by atoms with Gasteiger partial charge in [-0.05, 0) is 30.3 Å². The number of hydrogen-bond acceptors (Lipinski definition) is 3. The van der Waals surface area contributed by atoms with Gasteiger partial charge in [0.15, 0.2) is 0 Å². The molecule has 3 rings (SSSR count). The molecule has 0 aromatic heterocycles. The second-order valence-electron chi connectivity index (χ2n) is 4.91. The van der Waals surface area contributed by atoms with Crippen molar-refractivity contribution in [3.05, 3.63) is 53.3 Å². The van der Waals surface area contributed by atoms with E-state index < -0.39 is 5.82 Å². The maximum Gasteiger partial charge on any atom is 0.243 e. The summed E-state index contributed by atoms with van der Waals surface area (Å²) in [7, 11) is 0. The Morgan fingerprint density at radius 1 is 1.32 bits per heavy atom. The summed E-state index contributed by atoms with van der Waals surface area (Å²) in [5.74, 6) is 0.151. The van der Waals surface area contributed by atoms with Crippen molar-refractivity contribution in [2.45, 2.75) is 4.90 Å². The number of anilines is 2. The zero-order valence-corrected chi connectivity index (χ0v) is 13.3. The predicted molar refractivity (Wildman–Crippen MR) is 89.4 cm³/mol. The molecule has 0 saturated heterocycles. The molecule has 1 aliphatic heterocycles. The summed E-state index contributed by atoms with van der Waals surface area (Å²) in [6, 6.07) is 12.2. The SMILES string of the molecule is O=C(CN1CCSc2ccccc21)Nc1ccc(Cl)cc1F. The van der Waals surface area contributed by atoms with Crippen molar-refractivity contribution >= 4 is 40.6 Å². The van der Waals surface area contributed by atoms with E-state index in [1.165, 1.54) is 17.0 Å². The van der Waals surface area contributed by atoms with E-state index in [1.54, 1.807) is 17.8 Å². The normalized spacial score (nSPS) is 13.6. The lowest BCUT2D eigenvalue weighted by Crippen LogP contribution is -2.36. The Morgan fingerprint density at radius 2 is 2.14 bits per heavy atom. The number of rotatable bonds is 3. The van der Waals surface area contributed by atoms with Crippen LogP contribution in [0, 0.1) is 5.82 Å². The summed E-state index contributed by atoms with van der Waals surface area (Å²) in [6.45, 7) is 0.984. The highest BCUT2D eigenvalue weighted by Crippen LogP contribution is 2.34. The Bertz CT molecular complexity index is 710. The standard InChI is InChI=1S/C16H14ClFN2OS/c17-11-5-6-13(12(18)9-11)19-16(21)10-20-7-8-22-15-4-2-1-3-14(15)20/h1-6,9H,7-8,10H2,(H,19,21). The van der Waals surface area contributed by atoms with Gasteiger partial charge < -0.3 is 10.2 Å². The number of benzene rings is 2. The topological polar surface area (TPSA) is 32.3 Å². The van der Waals surface area contributed by atoms with Crippen molar-refractivity contribution in [3.63, 3.8) is 0 Å². The molecule has 0 saturated carbocycles. The summed E-state index contributed by atoms with van der Waals surface area (Å²) in [4.78, 5) is 15.3. The van der Waals surface area contributed by atoms with Gasteiger partial charge in [0, 0.05) is 22.2 Å².